The Morgan fingerprint density at radius 1 is 1.42 bits per heavy atom. The molecule has 0 saturated carbocycles. The zero-order valence-corrected chi connectivity index (χ0v) is 16.4. The number of fused-ring (bicyclic) bond motifs is 1. The predicted molar refractivity (Wildman–Crippen MR) is 101 cm³/mol. The molecule has 1 fully saturated rings. The van der Waals surface area contributed by atoms with Crippen molar-refractivity contribution in [3.05, 3.63) is 10.6 Å². The number of hydrogen-bond acceptors (Lipinski definition) is 6. The second kappa shape index (κ2) is 8.24. The number of rotatable bonds is 5. The van der Waals surface area contributed by atoms with Gasteiger partial charge in [-0.3, -0.25) is 4.79 Å². The molecule has 0 radical (unpaired) electrons. The van der Waals surface area contributed by atoms with Gasteiger partial charge in [0, 0.05) is 43.9 Å². The molecule has 8 heteroatoms. The fourth-order valence-electron chi connectivity index (χ4n) is 4.15. The van der Waals surface area contributed by atoms with Crippen LogP contribution in [-0.2, 0) is 22.4 Å². The number of carbonyl (C=O) groups excluding carboxylic acids is 2. The smallest absolute Gasteiger partial charge is 0.409 e. The van der Waals surface area contributed by atoms with Crippen molar-refractivity contribution in [2.24, 2.45) is 5.92 Å². The van der Waals surface area contributed by atoms with Gasteiger partial charge in [0.15, 0.2) is 5.13 Å². The lowest BCUT2D eigenvalue weighted by Gasteiger charge is -2.33. The minimum atomic E-state index is -0.236. The summed E-state index contributed by atoms with van der Waals surface area (Å²) in [5.41, 5.74) is 6.93. The zero-order valence-electron chi connectivity index (χ0n) is 15.6. The highest BCUT2D eigenvalue weighted by Crippen LogP contribution is 2.30. The SMILES string of the molecule is COC(=O)N1CCC(CCCN(C(C)=O)C2CCc3nc(N)sc3C2)C1. The maximum atomic E-state index is 12.2. The van der Waals surface area contributed by atoms with E-state index in [4.69, 9.17) is 10.5 Å². The number of ether oxygens (including phenoxy) is 1. The summed E-state index contributed by atoms with van der Waals surface area (Å²) in [6.07, 6.45) is 5.49. The molecular formula is C18H28N4O3S. The van der Waals surface area contributed by atoms with E-state index in [-0.39, 0.29) is 18.0 Å². The van der Waals surface area contributed by atoms with Gasteiger partial charge in [0.1, 0.15) is 0 Å². The van der Waals surface area contributed by atoms with Crippen LogP contribution in [0.15, 0.2) is 0 Å². The molecule has 2 aliphatic rings. The Bertz CT molecular complexity index is 663. The number of methoxy groups -OCH3 is 1. The lowest BCUT2D eigenvalue weighted by Crippen LogP contribution is -2.42. The Labute approximate surface area is 158 Å². The van der Waals surface area contributed by atoms with Crippen LogP contribution < -0.4 is 5.73 Å². The molecule has 7 nitrogen and oxygen atoms in total. The van der Waals surface area contributed by atoms with Crippen molar-refractivity contribution in [1.82, 2.24) is 14.8 Å². The van der Waals surface area contributed by atoms with Gasteiger partial charge in [0.05, 0.1) is 12.8 Å². The number of likely N-dealkylation sites (tertiary alicyclic amines) is 1. The summed E-state index contributed by atoms with van der Waals surface area (Å²) in [5, 5.41) is 0.626. The Balaban J connectivity index is 1.49. The number of aryl methyl sites for hydroxylation is 1. The van der Waals surface area contributed by atoms with E-state index in [1.165, 1.54) is 12.0 Å². The van der Waals surface area contributed by atoms with Crippen molar-refractivity contribution in [3.8, 4) is 0 Å². The molecular weight excluding hydrogens is 352 g/mol. The molecule has 1 saturated heterocycles. The number of nitrogens with two attached hydrogens (primary N) is 1. The summed E-state index contributed by atoms with van der Waals surface area (Å²) in [6, 6.07) is 0.245. The van der Waals surface area contributed by atoms with Crippen LogP contribution in [0.1, 0.15) is 43.2 Å². The standard InChI is InChI=1S/C18H28N4O3S/c1-12(23)22(14-5-6-15-16(10-14)26-17(19)20-15)8-3-4-13-7-9-21(11-13)18(24)25-2/h13-14H,3-11H2,1-2H3,(H2,19,20). The van der Waals surface area contributed by atoms with Crippen LogP contribution in [0.3, 0.4) is 0 Å². The molecule has 2 atom stereocenters. The molecule has 1 aromatic rings. The number of anilines is 1. The van der Waals surface area contributed by atoms with Crippen LogP contribution in [-0.4, -0.2) is 59.6 Å². The Morgan fingerprint density at radius 3 is 2.96 bits per heavy atom. The normalized spacial score (nSPS) is 22.2. The maximum Gasteiger partial charge on any atom is 0.409 e. The monoisotopic (exact) mass is 380 g/mol. The van der Waals surface area contributed by atoms with E-state index < -0.39 is 0 Å². The molecule has 1 aliphatic carbocycles. The first-order chi connectivity index (χ1) is 12.5. The summed E-state index contributed by atoms with van der Waals surface area (Å²) >= 11 is 1.55. The molecule has 1 aromatic heterocycles. The minimum Gasteiger partial charge on any atom is -0.453 e. The number of aromatic nitrogens is 1. The second-order valence-corrected chi connectivity index (χ2v) is 8.36. The third kappa shape index (κ3) is 4.28. The van der Waals surface area contributed by atoms with Crippen LogP contribution >= 0.6 is 11.3 Å². The van der Waals surface area contributed by atoms with E-state index in [0.717, 1.165) is 63.9 Å². The summed E-state index contributed by atoms with van der Waals surface area (Å²) in [7, 11) is 1.42. The first-order valence-corrected chi connectivity index (χ1v) is 10.1. The van der Waals surface area contributed by atoms with Crippen LogP contribution in [0.4, 0.5) is 9.93 Å². The van der Waals surface area contributed by atoms with E-state index >= 15 is 0 Å². The van der Waals surface area contributed by atoms with Crippen molar-refractivity contribution in [3.63, 3.8) is 0 Å². The topological polar surface area (TPSA) is 88.8 Å². The molecule has 0 aromatic carbocycles. The van der Waals surface area contributed by atoms with Gasteiger partial charge in [-0.1, -0.05) is 0 Å². The minimum absolute atomic E-state index is 0.138. The highest BCUT2D eigenvalue weighted by molar-refractivity contribution is 7.15. The second-order valence-electron chi connectivity index (χ2n) is 7.24. The molecule has 2 amide bonds. The summed E-state index contributed by atoms with van der Waals surface area (Å²) in [4.78, 5) is 33.2. The van der Waals surface area contributed by atoms with Gasteiger partial charge < -0.3 is 20.3 Å². The molecule has 0 bridgehead atoms. The first kappa shape index (κ1) is 18.9. The average Bonchev–Trinajstić information content (AvgIpc) is 3.22. The van der Waals surface area contributed by atoms with Gasteiger partial charge in [-0.05, 0) is 38.0 Å². The van der Waals surface area contributed by atoms with Crippen molar-refractivity contribution in [2.45, 2.75) is 51.5 Å². The van der Waals surface area contributed by atoms with Gasteiger partial charge >= 0.3 is 6.09 Å². The zero-order chi connectivity index (χ0) is 18.7. The Morgan fingerprint density at radius 2 is 2.23 bits per heavy atom. The van der Waals surface area contributed by atoms with E-state index in [9.17, 15) is 9.59 Å². The molecule has 1 aliphatic heterocycles. The molecule has 2 unspecified atom stereocenters. The quantitative estimate of drug-likeness (QED) is 0.847. The third-order valence-corrected chi connectivity index (χ3v) is 6.45. The number of nitrogens with zero attached hydrogens (tertiary/aromatic N) is 3. The molecule has 26 heavy (non-hydrogen) atoms. The van der Waals surface area contributed by atoms with Crippen LogP contribution in [0.25, 0.3) is 0 Å². The maximum absolute atomic E-state index is 12.2. The highest BCUT2D eigenvalue weighted by atomic mass is 32.1. The Hall–Kier alpha value is -1.83. The van der Waals surface area contributed by atoms with Gasteiger partial charge in [-0.15, -0.1) is 11.3 Å². The number of nitrogen functional groups attached to an aromatic ring is 1. The lowest BCUT2D eigenvalue weighted by molar-refractivity contribution is -0.131. The number of amides is 2. The largest absolute Gasteiger partial charge is 0.453 e. The van der Waals surface area contributed by atoms with Gasteiger partial charge in [-0.25, -0.2) is 9.78 Å². The van der Waals surface area contributed by atoms with Crippen LogP contribution in [0.2, 0.25) is 0 Å². The van der Waals surface area contributed by atoms with E-state index in [2.05, 4.69) is 4.98 Å². The van der Waals surface area contributed by atoms with E-state index in [0.29, 0.717) is 11.0 Å². The fourth-order valence-corrected chi connectivity index (χ4v) is 5.10. The van der Waals surface area contributed by atoms with Gasteiger partial charge in [0.25, 0.3) is 0 Å². The summed E-state index contributed by atoms with van der Waals surface area (Å²) in [5.74, 6) is 0.640. The lowest BCUT2D eigenvalue weighted by atomic mass is 9.95. The van der Waals surface area contributed by atoms with E-state index in [1.807, 2.05) is 4.90 Å². The van der Waals surface area contributed by atoms with Gasteiger partial charge in [-0.2, -0.15) is 0 Å². The van der Waals surface area contributed by atoms with Crippen molar-refractivity contribution in [2.75, 3.05) is 32.5 Å². The van der Waals surface area contributed by atoms with Gasteiger partial charge in [0.2, 0.25) is 5.91 Å². The molecule has 2 N–H and O–H groups in total. The molecule has 3 rings (SSSR count). The van der Waals surface area contributed by atoms with Crippen molar-refractivity contribution < 1.29 is 14.3 Å². The predicted octanol–water partition coefficient (Wildman–Crippen LogP) is 2.30. The first-order valence-electron chi connectivity index (χ1n) is 9.32. The number of carbonyl (C=O) groups is 2. The van der Waals surface area contributed by atoms with Crippen molar-refractivity contribution >= 4 is 28.5 Å². The molecule has 0 spiro atoms. The fraction of sp³-hybridized carbons (Fsp3) is 0.722. The third-order valence-electron chi connectivity index (χ3n) is 5.51. The van der Waals surface area contributed by atoms with E-state index in [1.54, 1.807) is 23.2 Å². The summed E-state index contributed by atoms with van der Waals surface area (Å²) < 4.78 is 4.79. The molecule has 2 heterocycles. The van der Waals surface area contributed by atoms with Crippen LogP contribution in [0.5, 0.6) is 0 Å². The average molecular weight is 381 g/mol. The number of thiazole rings is 1. The molecule has 144 valence electrons. The van der Waals surface area contributed by atoms with Crippen molar-refractivity contribution in [1.29, 1.82) is 0 Å². The number of hydrogen-bond donors (Lipinski definition) is 1. The highest BCUT2D eigenvalue weighted by Gasteiger charge is 2.29. The Kier molecular flexibility index (Phi) is 6.01. The van der Waals surface area contributed by atoms with Crippen LogP contribution in [0, 0.1) is 5.92 Å². The summed E-state index contributed by atoms with van der Waals surface area (Å²) in [6.45, 7) is 3.97.